The first-order chi connectivity index (χ1) is 14.6. The number of unbranched alkanes of at least 4 members (excludes halogenated alkanes) is 2. The molecule has 30 heavy (non-hydrogen) atoms. The van der Waals surface area contributed by atoms with E-state index in [-0.39, 0.29) is 13.2 Å². The Balaban J connectivity index is 1.71. The normalized spacial score (nSPS) is 12.1. The van der Waals surface area contributed by atoms with Crippen molar-refractivity contribution in [2.45, 2.75) is 65.3 Å². The molecule has 8 heteroatoms. The maximum atomic E-state index is 11.8. The van der Waals surface area contributed by atoms with Gasteiger partial charge in [0, 0.05) is 19.3 Å². The number of alkyl carbamates (subject to hydrolysis) is 1. The van der Waals surface area contributed by atoms with E-state index >= 15 is 0 Å². The fraction of sp³-hybridized carbons (Fsp3) is 0.591. The van der Waals surface area contributed by atoms with Gasteiger partial charge in [0.2, 0.25) is 0 Å². The molecule has 0 saturated carbocycles. The van der Waals surface area contributed by atoms with Gasteiger partial charge in [0.25, 0.3) is 0 Å². The third-order valence-corrected chi connectivity index (χ3v) is 4.71. The third kappa shape index (κ3) is 9.37. The van der Waals surface area contributed by atoms with Crippen LogP contribution < -0.4 is 5.32 Å². The number of aliphatic hydroxyl groups is 1. The number of nitrogens with one attached hydrogen (secondary N) is 1. The number of benzene rings is 1. The minimum absolute atomic E-state index is 0.102. The van der Waals surface area contributed by atoms with E-state index in [0.717, 1.165) is 30.9 Å². The number of aromatic nitrogens is 3. The van der Waals surface area contributed by atoms with Gasteiger partial charge in [-0.05, 0) is 31.5 Å². The summed E-state index contributed by atoms with van der Waals surface area (Å²) < 4.78 is 6.69. The predicted molar refractivity (Wildman–Crippen MR) is 116 cm³/mol. The summed E-state index contributed by atoms with van der Waals surface area (Å²) in [4.78, 5) is 14.2. The lowest BCUT2D eigenvalue weighted by molar-refractivity contribution is 0.0561. The first-order valence-corrected chi connectivity index (χ1v) is 10.8. The van der Waals surface area contributed by atoms with Crippen LogP contribution in [0.2, 0.25) is 0 Å². The van der Waals surface area contributed by atoms with Gasteiger partial charge in [-0.1, -0.05) is 62.2 Å². The second kappa shape index (κ2) is 13.7. The standard InChI is InChI=1S/C22H35N5O3/c1-3-5-12-26(13-6-4-2)15-20-16-27(25-24-20)17-21(28)18-30-22(29)23-14-19-10-8-7-9-11-19/h7-11,16,21,28H,3-6,12-15,17-18H2,1-2H3,(H,23,29). The van der Waals surface area contributed by atoms with Gasteiger partial charge < -0.3 is 15.2 Å². The van der Waals surface area contributed by atoms with E-state index in [9.17, 15) is 9.90 Å². The minimum atomic E-state index is -0.849. The summed E-state index contributed by atoms with van der Waals surface area (Å²) in [7, 11) is 0. The molecule has 2 rings (SSSR count). The van der Waals surface area contributed by atoms with Gasteiger partial charge >= 0.3 is 6.09 Å². The fourth-order valence-electron chi connectivity index (χ4n) is 3.02. The van der Waals surface area contributed by atoms with Crippen LogP contribution in [0.1, 0.15) is 50.8 Å². The Morgan fingerprint density at radius 1 is 1.20 bits per heavy atom. The van der Waals surface area contributed by atoms with E-state index in [1.165, 1.54) is 25.7 Å². The molecule has 1 amide bonds. The Bertz CT molecular complexity index is 715. The van der Waals surface area contributed by atoms with Crippen LogP contribution in [0.5, 0.6) is 0 Å². The van der Waals surface area contributed by atoms with Crippen LogP contribution >= 0.6 is 0 Å². The molecule has 166 valence electrons. The topological polar surface area (TPSA) is 92.5 Å². The lowest BCUT2D eigenvalue weighted by Gasteiger charge is -2.20. The lowest BCUT2D eigenvalue weighted by Crippen LogP contribution is -2.29. The number of rotatable bonds is 14. The molecule has 0 saturated heterocycles. The highest BCUT2D eigenvalue weighted by Crippen LogP contribution is 2.06. The van der Waals surface area contributed by atoms with Crippen molar-refractivity contribution in [2.75, 3.05) is 19.7 Å². The predicted octanol–water partition coefficient (Wildman–Crippen LogP) is 2.97. The Labute approximate surface area is 179 Å². The van der Waals surface area contributed by atoms with E-state index in [2.05, 4.69) is 34.4 Å². The molecular weight excluding hydrogens is 382 g/mol. The number of amides is 1. The molecule has 1 aromatic carbocycles. The summed E-state index contributed by atoms with van der Waals surface area (Å²) in [5, 5.41) is 21.1. The third-order valence-electron chi connectivity index (χ3n) is 4.71. The summed E-state index contributed by atoms with van der Waals surface area (Å²) in [5.41, 5.74) is 1.87. The van der Waals surface area contributed by atoms with E-state index in [1.807, 2.05) is 36.5 Å². The van der Waals surface area contributed by atoms with Crippen molar-refractivity contribution >= 4 is 6.09 Å². The van der Waals surface area contributed by atoms with Crippen LogP contribution in [0.15, 0.2) is 36.5 Å². The van der Waals surface area contributed by atoms with E-state index < -0.39 is 12.2 Å². The van der Waals surface area contributed by atoms with Crippen molar-refractivity contribution < 1.29 is 14.6 Å². The Morgan fingerprint density at radius 2 is 1.90 bits per heavy atom. The minimum Gasteiger partial charge on any atom is -0.447 e. The van der Waals surface area contributed by atoms with Crippen LogP contribution in [0.25, 0.3) is 0 Å². The second-order valence-electron chi connectivity index (χ2n) is 7.51. The molecule has 1 unspecified atom stereocenters. The molecule has 0 fully saturated rings. The summed E-state index contributed by atoms with van der Waals surface area (Å²) in [6, 6.07) is 9.57. The molecule has 8 nitrogen and oxygen atoms in total. The summed E-state index contributed by atoms with van der Waals surface area (Å²) in [5.74, 6) is 0. The average molecular weight is 418 g/mol. The van der Waals surface area contributed by atoms with Gasteiger partial charge in [-0.25, -0.2) is 9.48 Å². The van der Waals surface area contributed by atoms with Crippen molar-refractivity contribution in [3.63, 3.8) is 0 Å². The maximum Gasteiger partial charge on any atom is 0.407 e. The summed E-state index contributed by atoms with van der Waals surface area (Å²) in [6.45, 7) is 7.76. The molecule has 0 aliphatic heterocycles. The van der Waals surface area contributed by atoms with Gasteiger partial charge in [0.1, 0.15) is 12.7 Å². The smallest absolute Gasteiger partial charge is 0.407 e. The van der Waals surface area contributed by atoms with Crippen molar-refractivity contribution in [1.29, 1.82) is 0 Å². The molecule has 0 aliphatic rings. The molecule has 2 N–H and O–H groups in total. The lowest BCUT2D eigenvalue weighted by atomic mass is 10.2. The number of hydrogen-bond acceptors (Lipinski definition) is 6. The highest BCUT2D eigenvalue weighted by Gasteiger charge is 2.13. The van der Waals surface area contributed by atoms with Gasteiger partial charge in [0.15, 0.2) is 0 Å². The molecule has 0 radical (unpaired) electrons. The first kappa shape index (κ1) is 23.8. The molecule has 0 bridgehead atoms. The van der Waals surface area contributed by atoms with E-state index in [1.54, 1.807) is 4.68 Å². The molecular formula is C22H35N5O3. The molecule has 1 heterocycles. The van der Waals surface area contributed by atoms with Gasteiger partial charge in [-0.3, -0.25) is 4.90 Å². The monoisotopic (exact) mass is 417 g/mol. The Kier molecular flexibility index (Phi) is 10.9. The van der Waals surface area contributed by atoms with Crippen molar-refractivity contribution in [1.82, 2.24) is 25.2 Å². The molecule has 1 atom stereocenters. The largest absolute Gasteiger partial charge is 0.447 e. The summed E-state index contributed by atoms with van der Waals surface area (Å²) in [6.07, 6.45) is 5.11. The van der Waals surface area contributed by atoms with Crippen molar-refractivity contribution in [2.24, 2.45) is 0 Å². The number of carbonyl (C=O) groups is 1. The van der Waals surface area contributed by atoms with Gasteiger partial charge in [-0.2, -0.15) is 0 Å². The zero-order valence-electron chi connectivity index (χ0n) is 18.2. The van der Waals surface area contributed by atoms with Crippen LogP contribution in [0.3, 0.4) is 0 Å². The SMILES string of the molecule is CCCCN(CCCC)Cc1cn(CC(O)COC(=O)NCc2ccccc2)nn1. The van der Waals surface area contributed by atoms with Crippen LogP contribution in [0, 0.1) is 0 Å². The fourth-order valence-corrected chi connectivity index (χ4v) is 3.02. The van der Waals surface area contributed by atoms with E-state index in [0.29, 0.717) is 6.54 Å². The Morgan fingerprint density at radius 3 is 2.57 bits per heavy atom. The highest BCUT2D eigenvalue weighted by molar-refractivity contribution is 5.67. The molecule has 0 spiro atoms. The zero-order chi connectivity index (χ0) is 21.6. The number of carbonyl (C=O) groups excluding carboxylic acids is 1. The molecule has 2 aromatic rings. The number of aliphatic hydroxyl groups excluding tert-OH is 1. The quantitative estimate of drug-likeness (QED) is 0.491. The van der Waals surface area contributed by atoms with Crippen LogP contribution in [-0.4, -0.2) is 56.9 Å². The van der Waals surface area contributed by atoms with Gasteiger partial charge in [0.05, 0.1) is 12.2 Å². The first-order valence-electron chi connectivity index (χ1n) is 10.8. The number of hydrogen-bond donors (Lipinski definition) is 2. The van der Waals surface area contributed by atoms with Crippen LogP contribution in [0.4, 0.5) is 4.79 Å². The zero-order valence-corrected chi connectivity index (χ0v) is 18.2. The van der Waals surface area contributed by atoms with Crippen molar-refractivity contribution in [3.05, 3.63) is 47.8 Å². The highest BCUT2D eigenvalue weighted by atomic mass is 16.6. The Hall–Kier alpha value is -2.45. The molecule has 0 aliphatic carbocycles. The van der Waals surface area contributed by atoms with Crippen molar-refractivity contribution in [3.8, 4) is 0 Å². The van der Waals surface area contributed by atoms with E-state index in [4.69, 9.17) is 4.74 Å². The average Bonchev–Trinajstić information content (AvgIpc) is 3.20. The summed E-state index contributed by atoms with van der Waals surface area (Å²) >= 11 is 0. The molecule has 1 aromatic heterocycles. The van der Waals surface area contributed by atoms with Gasteiger partial charge in [-0.15, -0.1) is 5.10 Å². The number of ether oxygens (including phenoxy) is 1. The maximum absolute atomic E-state index is 11.8. The number of nitrogens with zero attached hydrogens (tertiary/aromatic N) is 4. The second-order valence-corrected chi connectivity index (χ2v) is 7.51. The van der Waals surface area contributed by atoms with Crippen LogP contribution in [-0.2, 0) is 24.4 Å².